The topological polar surface area (TPSA) is 0 Å². The summed E-state index contributed by atoms with van der Waals surface area (Å²) in [5, 5.41) is 0. The molecule has 0 nitrogen and oxygen atoms in total. The maximum atomic E-state index is 5.86. The van der Waals surface area contributed by atoms with Crippen LogP contribution in [0, 0.1) is 0 Å². The molecule has 0 saturated carbocycles. The molecule has 1 aromatic carbocycles. The summed E-state index contributed by atoms with van der Waals surface area (Å²) in [6.45, 7) is 0. The fourth-order valence-electron chi connectivity index (χ4n) is 1.67. The Hall–Kier alpha value is -0.243. The maximum Gasteiger partial charge on any atom is 0.274 e. The van der Waals surface area contributed by atoms with Gasteiger partial charge in [-0.15, -0.1) is 22.2 Å². The highest BCUT2D eigenvalue weighted by Gasteiger charge is 2.19. The normalized spacial score (nSPS) is 19.5. The van der Waals surface area contributed by atoms with Crippen molar-refractivity contribution in [3.63, 3.8) is 0 Å². The molecule has 2 rings (SSSR count). The van der Waals surface area contributed by atoms with Crippen LogP contribution in [0.25, 0.3) is 6.08 Å². The minimum Gasteiger partial charge on any atom is -0.147 e. The van der Waals surface area contributed by atoms with E-state index in [0.717, 1.165) is 6.04 Å². The van der Waals surface area contributed by atoms with Crippen LogP contribution in [-0.4, -0.2) is 7.42 Å². The molecule has 1 aliphatic rings. The SMILES string of the molecule is Cl[Si](Cl)CC1C=Cc2ccccc21. The van der Waals surface area contributed by atoms with E-state index in [9.17, 15) is 0 Å². The summed E-state index contributed by atoms with van der Waals surface area (Å²) in [4.78, 5) is 0. The second kappa shape index (κ2) is 3.87. The molecule has 1 unspecified atom stereocenters. The first-order valence-corrected chi connectivity index (χ1v) is 7.94. The van der Waals surface area contributed by atoms with E-state index in [-0.39, 0.29) is 0 Å². The van der Waals surface area contributed by atoms with Gasteiger partial charge in [-0.25, -0.2) is 0 Å². The van der Waals surface area contributed by atoms with Crippen LogP contribution in [0.15, 0.2) is 30.3 Å². The van der Waals surface area contributed by atoms with Crippen molar-refractivity contribution >= 4 is 35.7 Å². The zero-order valence-electron chi connectivity index (χ0n) is 7.00. The van der Waals surface area contributed by atoms with Crippen LogP contribution in [-0.2, 0) is 0 Å². The van der Waals surface area contributed by atoms with Gasteiger partial charge in [0.15, 0.2) is 0 Å². The molecule has 0 aromatic heterocycles. The Labute approximate surface area is 89.2 Å². The van der Waals surface area contributed by atoms with Crippen molar-refractivity contribution in [1.29, 1.82) is 0 Å². The number of allylic oxidation sites excluding steroid dienone is 1. The molecule has 0 bridgehead atoms. The Morgan fingerprint density at radius 2 is 2.00 bits per heavy atom. The summed E-state index contributed by atoms with van der Waals surface area (Å²) in [7, 11) is -1.17. The van der Waals surface area contributed by atoms with Gasteiger partial charge in [-0.2, -0.15) is 0 Å². The minimum atomic E-state index is -1.17. The van der Waals surface area contributed by atoms with Crippen LogP contribution >= 0.6 is 22.2 Å². The Morgan fingerprint density at radius 1 is 1.23 bits per heavy atom. The Balaban J connectivity index is 2.23. The fraction of sp³-hybridized carbons (Fsp3) is 0.200. The first kappa shape index (κ1) is 9.32. The predicted molar refractivity (Wildman–Crippen MR) is 60.5 cm³/mol. The molecule has 0 heterocycles. The van der Waals surface area contributed by atoms with Crippen molar-refractivity contribution in [3.8, 4) is 0 Å². The van der Waals surface area contributed by atoms with Crippen LogP contribution in [0.3, 0.4) is 0 Å². The van der Waals surface area contributed by atoms with E-state index in [1.54, 1.807) is 0 Å². The number of hydrogen-bond donors (Lipinski definition) is 0. The van der Waals surface area contributed by atoms with Crippen molar-refractivity contribution in [2.75, 3.05) is 0 Å². The van der Waals surface area contributed by atoms with Gasteiger partial charge in [-0.05, 0) is 17.2 Å². The molecule has 1 aromatic rings. The first-order valence-electron chi connectivity index (χ1n) is 4.21. The molecule has 0 aliphatic heterocycles. The monoisotopic (exact) mass is 227 g/mol. The van der Waals surface area contributed by atoms with E-state index in [4.69, 9.17) is 22.2 Å². The van der Waals surface area contributed by atoms with Crippen molar-refractivity contribution in [3.05, 3.63) is 41.5 Å². The van der Waals surface area contributed by atoms with Gasteiger partial charge in [0, 0.05) is 5.92 Å². The van der Waals surface area contributed by atoms with Crippen LogP contribution in [0.1, 0.15) is 17.0 Å². The third-order valence-corrected chi connectivity index (χ3v) is 3.95. The van der Waals surface area contributed by atoms with Gasteiger partial charge in [0.25, 0.3) is 7.42 Å². The Kier molecular flexibility index (Phi) is 2.77. The molecule has 0 N–H and O–H groups in total. The molecule has 67 valence electrons. The lowest BCUT2D eigenvalue weighted by atomic mass is 10.0. The second-order valence-corrected chi connectivity index (χ2v) is 7.54. The Morgan fingerprint density at radius 3 is 2.77 bits per heavy atom. The van der Waals surface area contributed by atoms with Crippen molar-refractivity contribution in [2.24, 2.45) is 0 Å². The van der Waals surface area contributed by atoms with Gasteiger partial charge in [-0.3, -0.25) is 0 Å². The zero-order valence-corrected chi connectivity index (χ0v) is 9.52. The number of rotatable bonds is 2. The van der Waals surface area contributed by atoms with Gasteiger partial charge in [-0.1, -0.05) is 36.4 Å². The van der Waals surface area contributed by atoms with E-state index in [1.807, 2.05) is 0 Å². The van der Waals surface area contributed by atoms with Gasteiger partial charge in [0.05, 0.1) is 0 Å². The van der Waals surface area contributed by atoms with Crippen LogP contribution < -0.4 is 0 Å². The molecular formula is C10H9Cl2Si. The van der Waals surface area contributed by atoms with E-state index < -0.39 is 7.42 Å². The van der Waals surface area contributed by atoms with Gasteiger partial charge in [0.1, 0.15) is 0 Å². The molecule has 3 heteroatoms. The number of hydrogen-bond acceptors (Lipinski definition) is 0. The molecule has 1 radical (unpaired) electrons. The number of benzene rings is 1. The molecule has 0 spiro atoms. The largest absolute Gasteiger partial charge is 0.274 e. The third kappa shape index (κ3) is 1.98. The van der Waals surface area contributed by atoms with Crippen molar-refractivity contribution < 1.29 is 0 Å². The first-order chi connectivity index (χ1) is 6.27. The average molecular weight is 228 g/mol. The van der Waals surface area contributed by atoms with Crippen molar-refractivity contribution in [1.82, 2.24) is 0 Å². The highest BCUT2D eigenvalue weighted by atomic mass is 35.7. The fourth-order valence-corrected chi connectivity index (χ4v) is 3.35. The summed E-state index contributed by atoms with van der Waals surface area (Å²) in [5.74, 6) is 0.445. The van der Waals surface area contributed by atoms with E-state index in [0.29, 0.717) is 5.92 Å². The lowest BCUT2D eigenvalue weighted by Gasteiger charge is -2.09. The van der Waals surface area contributed by atoms with Crippen molar-refractivity contribution in [2.45, 2.75) is 12.0 Å². The lowest BCUT2D eigenvalue weighted by Crippen LogP contribution is -2.00. The quantitative estimate of drug-likeness (QED) is 0.534. The molecule has 0 fully saturated rings. The summed E-state index contributed by atoms with van der Waals surface area (Å²) in [6.07, 6.45) is 4.35. The van der Waals surface area contributed by atoms with Crippen LogP contribution in [0.4, 0.5) is 0 Å². The maximum absolute atomic E-state index is 5.86. The number of fused-ring (bicyclic) bond motifs is 1. The smallest absolute Gasteiger partial charge is 0.147 e. The highest BCUT2D eigenvalue weighted by Crippen LogP contribution is 2.34. The van der Waals surface area contributed by atoms with E-state index in [1.165, 1.54) is 11.1 Å². The minimum absolute atomic E-state index is 0.445. The number of halogens is 2. The molecule has 1 aliphatic carbocycles. The molecular weight excluding hydrogens is 219 g/mol. The highest BCUT2D eigenvalue weighted by molar-refractivity contribution is 7.33. The van der Waals surface area contributed by atoms with E-state index >= 15 is 0 Å². The van der Waals surface area contributed by atoms with Gasteiger partial charge in [0.2, 0.25) is 0 Å². The second-order valence-electron chi connectivity index (χ2n) is 3.14. The Bertz CT molecular complexity index is 333. The summed E-state index contributed by atoms with van der Waals surface area (Å²) in [6, 6.07) is 9.30. The third-order valence-electron chi connectivity index (χ3n) is 2.28. The van der Waals surface area contributed by atoms with Gasteiger partial charge >= 0.3 is 0 Å². The van der Waals surface area contributed by atoms with Crippen LogP contribution in [0.2, 0.25) is 6.04 Å². The molecule has 0 saturated heterocycles. The van der Waals surface area contributed by atoms with Crippen LogP contribution in [0.5, 0.6) is 0 Å². The molecule has 0 amide bonds. The molecule has 1 atom stereocenters. The summed E-state index contributed by atoms with van der Waals surface area (Å²) in [5.41, 5.74) is 2.68. The standard InChI is InChI=1S/C10H9Cl2Si/c11-13(12)7-9-6-5-8-3-1-2-4-10(8)9/h1-6,9H,7H2. The molecule has 13 heavy (non-hydrogen) atoms. The lowest BCUT2D eigenvalue weighted by molar-refractivity contribution is 0.981. The summed E-state index contributed by atoms with van der Waals surface area (Å²) >= 11 is 11.7. The average Bonchev–Trinajstić information content (AvgIpc) is 2.48. The van der Waals surface area contributed by atoms with E-state index in [2.05, 4.69) is 36.4 Å². The zero-order chi connectivity index (χ0) is 9.26. The predicted octanol–water partition coefficient (Wildman–Crippen LogP) is 3.76. The van der Waals surface area contributed by atoms with Gasteiger partial charge < -0.3 is 0 Å². The summed E-state index contributed by atoms with van der Waals surface area (Å²) < 4.78 is 0.